The Morgan fingerprint density at radius 2 is 1.07 bits per heavy atom. The Balaban J connectivity index is 2.78. The summed E-state index contributed by atoms with van der Waals surface area (Å²) in [5, 5.41) is 0. The first-order valence-electron chi connectivity index (χ1n) is 8.95. The molecule has 0 bridgehead atoms. The molecule has 0 heterocycles. The number of hydrogen-bond donors (Lipinski definition) is 0. The maximum Gasteiger partial charge on any atom is 0.305 e. The van der Waals surface area contributed by atoms with Crippen molar-refractivity contribution >= 4 is 23.7 Å². The molecule has 0 fully saturated rings. The van der Waals surface area contributed by atoms with Crippen LogP contribution in [0.1, 0.15) is 38.8 Å². The zero-order valence-corrected chi connectivity index (χ0v) is 17.6. The Morgan fingerprint density at radius 1 is 0.724 bits per heavy atom. The molecule has 2 aromatic carbocycles. The predicted octanol–water partition coefficient (Wildman–Crippen LogP) is 4.60. The van der Waals surface area contributed by atoms with Crippen molar-refractivity contribution < 1.29 is 19.1 Å². The highest BCUT2D eigenvalue weighted by atomic mass is 32.2. The molecule has 0 aliphatic carbocycles. The summed E-state index contributed by atoms with van der Waals surface area (Å²) in [5.41, 5.74) is 1.28. The van der Waals surface area contributed by atoms with E-state index in [2.05, 4.69) is 23.7 Å². The summed E-state index contributed by atoms with van der Waals surface area (Å²) >= 11 is 1.06. The maximum atomic E-state index is 12.1. The predicted molar refractivity (Wildman–Crippen MR) is 114 cm³/mol. The Kier molecular flexibility index (Phi) is 7.53. The number of thioether (sulfide) groups is 1. The molecule has 5 heteroatoms. The molecule has 0 saturated heterocycles. The van der Waals surface area contributed by atoms with Gasteiger partial charge in [0.2, 0.25) is 9.87 Å². The summed E-state index contributed by atoms with van der Waals surface area (Å²) < 4.78 is 11.5. The molecule has 0 aromatic heterocycles. The fourth-order valence-corrected chi connectivity index (χ4v) is 4.31. The molecule has 0 radical (unpaired) electrons. The van der Waals surface area contributed by atoms with Crippen molar-refractivity contribution in [1.29, 1.82) is 0 Å². The molecule has 2 aromatic rings. The fourth-order valence-electron chi connectivity index (χ4n) is 2.78. The van der Waals surface area contributed by atoms with E-state index >= 15 is 0 Å². The number of carbonyl (C=O) groups is 2. The van der Waals surface area contributed by atoms with E-state index in [0.29, 0.717) is 11.1 Å². The van der Waals surface area contributed by atoms with Crippen LogP contribution in [0.25, 0.3) is 0 Å². The van der Waals surface area contributed by atoms with Crippen LogP contribution >= 0.6 is 11.8 Å². The van der Waals surface area contributed by atoms with Crippen molar-refractivity contribution in [2.45, 2.75) is 37.6 Å². The van der Waals surface area contributed by atoms with Gasteiger partial charge in [-0.3, -0.25) is 9.59 Å². The number of hydrogen-bond acceptors (Lipinski definition) is 5. The van der Waals surface area contributed by atoms with Crippen LogP contribution in [0.3, 0.4) is 0 Å². The number of benzene rings is 2. The van der Waals surface area contributed by atoms with Gasteiger partial charge in [0, 0.05) is 25.0 Å². The van der Waals surface area contributed by atoms with Gasteiger partial charge >= 0.3 is 11.9 Å². The van der Waals surface area contributed by atoms with Gasteiger partial charge in [0.1, 0.15) is 0 Å². The SMILES string of the molecule is CC#CC(OC(C)=O)(SC(C#CC)(OC(C)=O)c1ccccc1)c1ccccc1. The molecule has 2 atom stereocenters. The lowest BCUT2D eigenvalue weighted by Crippen LogP contribution is -2.36. The van der Waals surface area contributed by atoms with Crippen LogP contribution in [0.5, 0.6) is 0 Å². The normalized spacial score (nSPS) is 13.9. The molecule has 0 spiro atoms. The molecule has 2 unspecified atom stereocenters. The Hall–Kier alpha value is -3.15. The first-order chi connectivity index (χ1) is 13.9. The van der Waals surface area contributed by atoms with Crippen molar-refractivity contribution in [3.05, 3.63) is 71.8 Å². The highest BCUT2D eigenvalue weighted by Crippen LogP contribution is 2.50. The van der Waals surface area contributed by atoms with Crippen LogP contribution in [0.4, 0.5) is 0 Å². The summed E-state index contributed by atoms with van der Waals surface area (Å²) in [4.78, 5) is 21.3. The smallest absolute Gasteiger partial charge is 0.305 e. The number of ether oxygens (including phenoxy) is 2. The first kappa shape index (κ1) is 22.1. The molecule has 2 rings (SSSR count). The van der Waals surface area contributed by atoms with E-state index in [1.54, 1.807) is 13.8 Å². The van der Waals surface area contributed by atoms with E-state index in [-0.39, 0.29) is 0 Å². The standard InChI is InChI=1S/C24H22O4S/c1-5-17-23(27-19(3)25,21-13-9-7-10-14-21)29-24(18-6-2,28-20(4)26)22-15-11-8-12-16-22/h7-16H,1-4H3. The molecular formula is C24H22O4S. The minimum absolute atomic E-state index is 0.515. The summed E-state index contributed by atoms with van der Waals surface area (Å²) in [7, 11) is 0. The van der Waals surface area contributed by atoms with Gasteiger partial charge in [-0.05, 0) is 37.5 Å². The second-order valence-electron chi connectivity index (χ2n) is 6.00. The van der Waals surface area contributed by atoms with Crippen LogP contribution in [0.15, 0.2) is 60.7 Å². The van der Waals surface area contributed by atoms with Crippen LogP contribution in [0, 0.1) is 23.7 Å². The van der Waals surface area contributed by atoms with E-state index in [1.807, 2.05) is 60.7 Å². The summed E-state index contributed by atoms with van der Waals surface area (Å²) in [5.74, 6) is 10.7. The van der Waals surface area contributed by atoms with Gasteiger partial charge in [-0.15, -0.1) is 11.8 Å². The zero-order valence-electron chi connectivity index (χ0n) is 16.8. The third-order valence-corrected chi connectivity index (χ3v) is 5.17. The van der Waals surface area contributed by atoms with Gasteiger partial charge < -0.3 is 9.47 Å². The van der Waals surface area contributed by atoms with Gasteiger partial charge in [0.15, 0.2) is 0 Å². The zero-order chi connectivity index (χ0) is 21.3. The number of esters is 2. The minimum atomic E-state index is -1.43. The third-order valence-electron chi connectivity index (χ3n) is 3.75. The fraction of sp³-hybridized carbons (Fsp3) is 0.250. The highest BCUT2D eigenvalue weighted by molar-refractivity contribution is 8.01. The Bertz CT molecular complexity index is 898. The second kappa shape index (κ2) is 9.87. The van der Waals surface area contributed by atoms with E-state index in [4.69, 9.17) is 9.47 Å². The summed E-state index contributed by atoms with van der Waals surface area (Å²) in [6.07, 6.45) is 0. The average Bonchev–Trinajstić information content (AvgIpc) is 2.68. The molecule has 4 nitrogen and oxygen atoms in total. The molecular weight excluding hydrogens is 384 g/mol. The monoisotopic (exact) mass is 406 g/mol. The molecule has 0 amide bonds. The van der Waals surface area contributed by atoms with Crippen molar-refractivity contribution in [3.8, 4) is 23.7 Å². The lowest BCUT2D eigenvalue weighted by atomic mass is 10.1. The topological polar surface area (TPSA) is 52.6 Å². The van der Waals surface area contributed by atoms with Crippen LogP contribution in [-0.2, 0) is 28.9 Å². The Labute approximate surface area is 176 Å². The Morgan fingerprint density at radius 3 is 1.34 bits per heavy atom. The van der Waals surface area contributed by atoms with Crippen molar-refractivity contribution in [2.75, 3.05) is 0 Å². The molecule has 0 aliphatic rings. The molecule has 29 heavy (non-hydrogen) atoms. The third kappa shape index (κ3) is 5.44. The van der Waals surface area contributed by atoms with Gasteiger partial charge in [-0.2, -0.15) is 0 Å². The van der Waals surface area contributed by atoms with Crippen LogP contribution < -0.4 is 0 Å². The van der Waals surface area contributed by atoms with Gasteiger partial charge in [-0.25, -0.2) is 0 Å². The number of rotatable bonds is 6. The second-order valence-corrected chi connectivity index (χ2v) is 7.36. The van der Waals surface area contributed by atoms with Crippen molar-refractivity contribution in [3.63, 3.8) is 0 Å². The quantitative estimate of drug-likeness (QED) is 0.399. The largest absolute Gasteiger partial charge is 0.432 e. The lowest BCUT2D eigenvalue weighted by Gasteiger charge is -2.36. The first-order valence-corrected chi connectivity index (χ1v) is 9.77. The van der Waals surface area contributed by atoms with Gasteiger partial charge in [-0.1, -0.05) is 60.7 Å². The van der Waals surface area contributed by atoms with Gasteiger partial charge in [0.25, 0.3) is 0 Å². The molecule has 0 aliphatic heterocycles. The highest BCUT2D eigenvalue weighted by Gasteiger charge is 2.48. The summed E-state index contributed by atoms with van der Waals surface area (Å²) in [6, 6.07) is 18.3. The lowest BCUT2D eigenvalue weighted by molar-refractivity contribution is -0.147. The maximum absolute atomic E-state index is 12.1. The molecule has 0 saturated carbocycles. The van der Waals surface area contributed by atoms with E-state index in [1.165, 1.54) is 13.8 Å². The van der Waals surface area contributed by atoms with Gasteiger partial charge in [0.05, 0.1) is 0 Å². The van der Waals surface area contributed by atoms with Crippen LogP contribution in [-0.4, -0.2) is 11.9 Å². The number of carbonyl (C=O) groups excluding carboxylic acids is 2. The van der Waals surface area contributed by atoms with E-state index in [9.17, 15) is 9.59 Å². The average molecular weight is 407 g/mol. The van der Waals surface area contributed by atoms with Crippen LogP contribution in [0.2, 0.25) is 0 Å². The minimum Gasteiger partial charge on any atom is -0.432 e. The molecule has 148 valence electrons. The van der Waals surface area contributed by atoms with Crippen molar-refractivity contribution in [1.82, 2.24) is 0 Å². The molecule has 0 N–H and O–H groups in total. The van der Waals surface area contributed by atoms with E-state index in [0.717, 1.165) is 11.8 Å². The van der Waals surface area contributed by atoms with Crippen molar-refractivity contribution in [2.24, 2.45) is 0 Å². The van der Waals surface area contributed by atoms with E-state index < -0.39 is 21.8 Å². The summed E-state index contributed by atoms with van der Waals surface area (Å²) in [6.45, 7) is 5.95.